The number of thiophene rings is 1. The fourth-order valence-electron chi connectivity index (χ4n) is 9.62. The van der Waals surface area contributed by atoms with E-state index in [1.165, 1.54) is 64.0 Å². The molecule has 13 rings (SSSR count). The van der Waals surface area contributed by atoms with Crippen molar-refractivity contribution in [3.63, 3.8) is 0 Å². The SMILES string of the molecule is c1ccc(-c2cccc(-c3nc(-c4ccccc4-n4c5cccc6c5c5c7c(cccc7ccc54)-c4ccccc4-6)nc(-c4cccc5sc6ccccc6c45)n3)c2)cc1. The number of fused-ring (bicyclic) bond motifs is 6. The number of para-hydroxylation sites is 1. The number of benzene rings is 9. The number of rotatable bonds is 5. The molecule has 0 amide bonds. The lowest BCUT2D eigenvalue weighted by Gasteiger charge is -2.16. The minimum Gasteiger partial charge on any atom is -0.308 e. The maximum Gasteiger partial charge on any atom is 0.166 e. The predicted molar refractivity (Wildman–Crippen MR) is 251 cm³/mol. The molecule has 0 atom stereocenters. The van der Waals surface area contributed by atoms with Gasteiger partial charge in [-0.15, -0.1) is 11.3 Å². The van der Waals surface area contributed by atoms with Crippen molar-refractivity contribution in [2.45, 2.75) is 0 Å². The fraction of sp³-hybridized carbons (Fsp3) is 0. The monoisotopic (exact) mass is 780 g/mol. The summed E-state index contributed by atoms with van der Waals surface area (Å²) in [6.45, 7) is 0. The summed E-state index contributed by atoms with van der Waals surface area (Å²) in [5, 5.41) is 7.42. The number of hydrogen-bond donors (Lipinski definition) is 0. The van der Waals surface area contributed by atoms with Gasteiger partial charge in [0.2, 0.25) is 0 Å². The highest BCUT2D eigenvalue weighted by molar-refractivity contribution is 7.25. The zero-order valence-corrected chi connectivity index (χ0v) is 33.0. The first-order valence-corrected chi connectivity index (χ1v) is 21.1. The Kier molecular flexibility index (Phi) is 7.14. The van der Waals surface area contributed by atoms with Crippen LogP contribution in [0.15, 0.2) is 194 Å². The Bertz CT molecular complexity index is 3730. The molecule has 0 radical (unpaired) electrons. The maximum atomic E-state index is 5.44. The second-order valence-corrected chi connectivity index (χ2v) is 16.6. The Hall–Kier alpha value is -7.73. The van der Waals surface area contributed by atoms with E-state index >= 15 is 0 Å². The van der Waals surface area contributed by atoms with Crippen LogP contribution in [0.5, 0.6) is 0 Å². The van der Waals surface area contributed by atoms with Crippen LogP contribution in [0.25, 0.3) is 126 Å². The van der Waals surface area contributed by atoms with Crippen LogP contribution in [0, 0.1) is 0 Å². The third kappa shape index (κ3) is 4.87. The predicted octanol–water partition coefficient (Wildman–Crippen LogP) is 14.8. The first kappa shape index (κ1) is 33.3. The minimum absolute atomic E-state index is 0.623. The Morgan fingerprint density at radius 2 is 0.917 bits per heavy atom. The molecule has 3 heterocycles. The lowest BCUT2D eigenvalue weighted by Crippen LogP contribution is -2.04. The van der Waals surface area contributed by atoms with Gasteiger partial charge in [-0.05, 0) is 86.6 Å². The van der Waals surface area contributed by atoms with Gasteiger partial charge in [0.1, 0.15) is 0 Å². The van der Waals surface area contributed by atoms with E-state index in [-0.39, 0.29) is 0 Å². The van der Waals surface area contributed by atoms with Crippen molar-refractivity contribution < 1.29 is 0 Å². The standard InChI is InChI=1S/C55H32N4S/c1-2-14-33(15-3-1)35-17-10-18-36(32-35)53-56-54(58-55(57-53)43-25-13-29-48-50(43)42-22-7-9-28-47(42)60-48)41-21-6-8-26-44(41)59-45-27-12-24-40-38-20-5-4-19-37(38)39-23-11-16-34-30-31-46(59)52(49(34)39)51(40)45/h1-32H. The van der Waals surface area contributed by atoms with Crippen molar-refractivity contribution >= 4 is 64.1 Å². The van der Waals surface area contributed by atoms with Crippen molar-refractivity contribution in [2.24, 2.45) is 0 Å². The summed E-state index contributed by atoms with van der Waals surface area (Å²) in [5.74, 6) is 1.90. The van der Waals surface area contributed by atoms with Gasteiger partial charge in [0.15, 0.2) is 17.5 Å². The highest BCUT2D eigenvalue weighted by atomic mass is 32.1. The van der Waals surface area contributed by atoms with Gasteiger partial charge < -0.3 is 4.57 Å². The summed E-state index contributed by atoms with van der Waals surface area (Å²) in [6, 6.07) is 69.6. The molecule has 4 nitrogen and oxygen atoms in total. The van der Waals surface area contributed by atoms with E-state index in [0.29, 0.717) is 17.5 Å². The molecule has 278 valence electrons. The molecular weight excluding hydrogens is 749 g/mol. The molecular formula is C55H32N4S. The molecule has 0 saturated carbocycles. The Morgan fingerprint density at radius 3 is 1.78 bits per heavy atom. The maximum absolute atomic E-state index is 5.44. The fourth-order valence-corrected chi connectivity index (χ4v) is 10.8. The van der Waals surface area contributed by atoms with Crippen molar-refractivity contribution in [3.8, 4) is 73.2 Å². The summed E-state index contributed by atoms with van der Waals surface area (Å²) >= 11 is 1.80. The second kappa shape index (κ2) is 12.9. The topological polar surface area (TPSA) is 43.6 Å². The van der Waals surface area contributed by atoms with E-state index in [4.69, 9.17) is 15.0 Å². The number of nitrogens with zero attached hydrogens (tertiary/aromatic N) is 4. The lowest BCUT2D eigenvalue weighted by molar-refractivity contribution is 1.07. The first-order valence-electron chi connectivity index (χ1n) is 20.3. The van der Waals surface area contributed by atoms with Gasteiger partial charge in [0.25, 0.3) is 0 Å². The van der Waals surface area contributed by atoms with Crippen LogP contribution in [-0.2, 0) is 0 Å². The van der Waals surface area contributed by atoms with Crippen LogP contribution < -0.4 is 0 Å². The van der Waals surface area contributed by atoms with Crippen LogP contribution in [0.4, 0.5) is 0 Å². The molecule has 0 aliphatic heterocycles. The second-order valence-electron chi connectivity index (χ2n) is 15.5. The molecule has 1 aliphatic carbocycles. The van der Waals surface area contributed by atoms with Gasteiger partial charge in [-0.2, -0.15) is 0 Å². The van der Waals surface area contributed by atoms with Crippen LogP contribution in [0.3, 0.4) is 0 Å². The van der Waals surface area contributed by atoms with Crippen LogP contribution in [0.1, 0.15) is 0 Å². The zero-order valence-electron chi connectivity index (χ0n) is 32.2. The number of aromatic nitrogens is 4. The smallest absolute Gasteiger partial charge is 0.166 e. The minimum atomic E-state index is 0.623. The molecule has 0 saturated heterocycles. The highest BCUT2D eigenvalue weighted by Gasteiger charge is 2.26. The Balaban J connectivity index is 1.10. The molecule has 0 unspecified atom stereocenters. The van der Waals surface area contributed by atoms with Crippen LogP contribution in [0.2, 0.25) is 0 Å². The van der Waals surface area contributed by atoms with Gasteiger partial charge in [-0.25, -0.2) is 15.0 Å². The molecule has 0 N–H and O–H groups in total. The van der Waals surface area contributed by atoms with E-state index in [2.05, 4.69) is 193 Å². The van der Waals surface area contributed by atoms with Gasteiger partial charge in [0, 0.05) is 47.6 Å². The molecule has 0 spiro atoms. The zero-order chi connectivity index (χ0) is 39.3. The molecule has 9 aromatic carbocycles. The summed E-state index contributed by atoms with van der Waals surface area (Å²) < 4.78 is 4.88. The molecule has 1 aliphatic rings. The third-order valence-corrected chi connectivity index (χ3v) is 13.3. The Labute approximate surface area is 349 Å². The highest BCUT2D eigenvalue weighted by Crippen LogP contribution is 2.50. The van der Waals surface area contributed by atoms with Crippen molar-refractivity contribution in [1.29, 1.82) is 0 Å². The summed E-state index contributed by atoms with van der Waals surface area (Å²) in [6.07, 6.45) is 0. The van der Waals surface area contributed by atoms with Crippen LogP contribution in [-0.4, -0.2) is 19.5 Å². The third-order valence-electron chi connectivity index (χ3n) is 12.2. The number of hydrogen-bond acceptors (Lipinski definition) is 4. The normalized spacial score (nSPS) is 12.0. The van der Waals surface area contributed by atoms with Crippen molar-refractivity contribution in [1.82, 2.24) is 19.5 Å². The largest absolute Gasteiger partial charge is 0.308 e. The van der Waals surface area contributed by atoms with Crippen LogP contribution >= 0.6 is 11.3 Å². The summed E-state index contributed by atoms with van der Waals surface area (Å²) in [5.41, 5.74) is 13.4. The first-order chi connectivity index (χ1) is 29.8. The molecule has 5 heteroatoms. The van der Waals surface area contributed by atoms with E-state index in [1.54, 1.807) is 11.3 Å². The molecule has 0 fully saturated rings. The lowest BCUT2D eigenvalue weighted by atomic mass is 9.93. The van der Waals surface area contributed by atoms with Gasteiger partial charge in [0.05, 0.1) is 16.7 Å². The van der Waals surface area contributed by atoms with Crippen molar-refractivity contribution in [2.75, 3.05) is 0 Å². The van der Waals surface area contributed by atoms with Crippen molar-refractivity contribution in [3.05, 3.63) is 194 Å². The van der Waals surface area contributed by atoms with Gasteiger partial charge in [-0.1, -0.05) is 152 Å². The summed E-state index contributed by atoms with van der Waals surface area (Å²) in [4.78, 5) is 16.1. The van der Waals surface area contributed by atoms with E-state index in [9.17, 15) is 0 Å². The summed E-state index contributed by atoms with van der Waals surface area (Å²) in [7, 11) is 0. The molecule has 60 heavy (non-hydrogen) atoms. The average molecular weight is 781 g/mol. The van der Waals surface area contributed by atoms with E-state index in [1.807, 2.05) is 6.07 Å². The van der Waals surface area contributed by atoms with Gasteiger partial charge >= 0.3 is 0 Å². The molecule has 12 aromatic rings. The average Bonchev–Trinajstić information content (AvgIpc) is 3.84. The van der Waals surface area contributed by atoms with E-state index < -0.39 is 0 Å². The molecule has 3 aromatic heterocycles. The molecule has 0 bridgehead atoms. The Morgan fingerprint density at radius 1 is 0.333 bits per heavy atom. The van der Waals surface area contributed by atoms with E-state index in [0.717, 1.165) is 44.5 Å². The van der Waals surface area contributed by atoms with Gasteiger partial charge in [-0.3, -0.25) is 0 Å². The quantitative estimate of drug-likeness (QED) is 0.175.